The smallest absolute Gasteiger partial charge is 0.257 e. The van der Waals surface area contributed by atoms with Crippen LogP contribution in [0.25, 0.3) is 0 Å². The maximum Gasteiger partial charge on any atom is 0.257 e. The summed E-state index contributed by atoms with van der Waals surface area (Å²) in [5.41, 5.74) is 5.02. The molecule has 1 aliphatic heterocycles. The number of benzene rings is 2. The second-order valence-electron chi connectivity index (χ2n) is 9.03. The van der Waals surface area contributed by atoms with Crippen molar-refractivity contribution in [2.75, 3.05) is 54.1 Å². The van der Waals surface area contributed by atoms with Gasteiger partial charge in [0.15, 0.2) is 18.1 Å². The first-order valence-corrected chi connectivity index (χ1v) is 12.2. The molecular weight excluding hydrogens is 482 g/mol. The third-order valence-electron chi connectivity index (χ3n) is 6.94. The summed E-state index contributed by atoms with van der Waals surface area (Å²) in [7, 11) is 4.89. The lowest BCUT2D eigenvalue weighted by molar-refractivity contribution is -0.131. The van der Waals surface area contributed by atoms with Crippen molar-refractivity contribution in [2.45, 2.75) is 31.6 Å². The highest BCUT2D eigenvalue weighted by atomic mass is 35.5. The number of nitrogens with zero attached hydrogens (tertiary/aromatic N) is 1. The van der Waals surface area contributed by atoms with E-state index >= 15 is 0 Å². The standard InChI is InChI=1S/C27H35N3O5.ClH/c1-28-26(31)17-35-22-4-5-23-20(13-22)12-21(23)16-29-9-6-27(32)30-10-7-18-14-24(33-2)25(34-3)15-19(18)8-11-30;/h4-5,13-15,21,29H,6-12,16-17H2,1-3H3,(H,28,31);1H. The molecule has 0 bridgehead atoms. The first-order valence-electron chi connectivity index (χ1n) is 12.2. The van der Waals surface area contributed by atoms with Gasteiger partial charge < -0.3 is 29.7 Å². The van der Waals surface area contributed by atoms with Gasteiger partial charge in [0.1, 0.15) is 5.75 Å². The van der Waals surface area contributed by atoms with Gasteiger partial charge in [0.25, 0.3) is 5.91 Å². The van der Waals surface area contributed by atoms with Crippen LogP contribution in [0.4, 0.5) is 0 Å². The molecule has 1 aliphatic carbocycles. The fraction of sp³-hybridized carbons (Fsp3) is 0.481. The van der Waals surface area contributed by atoms with Crippen LogP contribution in [0.1, 0.15) is 34.6 Å². The Hall–Kier alpha value is -2.97. The van der Waals surface area contributed by atoms with Gasteiger partial charge in [-0.15, -0.1) is 12.4 Å². The van der Waals surface area contributed by atoms with Crippen LogP contribution in [0.3, 0.4) is 0 Å². The predicted molar refractivity (Wildman–Crippen MR) is 141 cm³/mol. The molecule has 196 valence electrons. The van der Waals surface area contributed by atoms with E-state index in [9.17, 15) is 9.59 Å². The van der Waals surface area contributed by atoms with E-state index in [2.05, 4.69) is 16.7 Å². The number of nitrogens with one attached hydrogen (secondary N) is 2. The molecule has 1 heterocycles. The minimum absolute atomic E-state index is 0. The quantitative estimate of drug-likeness (QED) is 0.471. The van der Waals surface area contributed by atoms with Gasteiger partial charge in [0, 0.05) is 45.6 Å². The van der Waals surface area contributed by atoms with Crippen LogP contribution < -0.4 is 24.8 Å². The molecule has 0 aromatic heterocycles. The highest BCUT2D eigenvalue weighted by molar-refractivity contribution is 5.85. The molecule has 2 aliphatic rings. The Kier molecular flexibility index (Phi) is 9.84. The van der Waals surface area contributed by atoms with Gasteiger partial charge in [-0.2, -0.15) is 0 Å². The Morgan fingerprint density at radius 3 is 2.25 bits per heavy atom. The number of carbonyl (C=O) groups is 2. The first-order chi connectivity index (χ1) is 17.0. The molecule has 0 fully saturated rings. The number of fused-ring (bicyclic) bond motifs is 2. The topological polar surface area (TPSA) is 89.1 Å². The van der Waals surface area contributed by atoms with Crippen molar-refractivity contribution in [2.24, 2.45) is 0 Å². The molecule has 9 heteroatoms. The summed E-state index contributed by atoms with van der Waals surface area (Å²) >= 11 is 0. The number of amides is 2. The molecule has 1 atom stereocenters. The number of likely N-dealkylation sites (N-methyl/N-ethyl adjacent to an activating group) is 1. The summed E-state index contributed by atoms with van der Waals surface area (Å²) in [5.74, 6) is 2.69. The fourth-order valence-corrected chi connectivity index (χ4v) is 4.82. The van der Waals surface area contributed by atoms with E-state index in [0.29, 0.717) is 18.9 Å². The highest BCUT2D eigenvalue weighted by Crippen LogP contribution is 2.37. The maximum absolute atomic E-state index is 12.8. The van der Waals surface area contributed by atoms with Gasteiger partial charge >= 0.3 is 0 Å². The summed E-state index contributed by atoms with van der Waals surface area (Å²) < 4.78 is 16.4. The Balaban J connectivity index is 0.00000361. The Labute approximate surface area is 219 Å². The molecule has 2 aromatic rings. The molecule has 0 saturated carbocycles. The molecule has 2 aromatic carbocycles. The molecule has 2 N–H and O–H groups in total. The number of hydrogen-bond donors (Lipinski definition) is 2. The molecular formula is C27H36ClN3O5. The normalized spacial score (nSPS) is 15.9. The lowest BCUT2D eigenvalue weighted by atomic mass is 9.77. The maximum atomic E-state index is 12.8. The number of methoxy groups -OCH3 is 2. The van der Waals surface area contributed by atoms with Crippen molar-refractivity contribution >= 4 is 24.2 Å². The number of rotatable bonds is 10. The molecule has 2 amide bonds. The Morgan fingerprint density at radius 2 is 1.67 bits per heavy atom. The highest BCUT2D eigenvalue weighted by Gasteiger charge is 2.26. The summed E-state index contributed by atoms with van der Waals surface area (Å²) in [6.07, 6.45) is 3.12. The average molecular weight is 518 g/mol. The van der Waals surface area contributed by atoms with E-state index < -0.39 is 0 Å². The number of hydrogen-bond acceptors (Lipinski definition) is 6. The summed E-state index contributed by atoms with van der Waals surface area (Å²) in [4.78, 5) is 26.1. The van der Waals surface area contributed by atoms with Crippen molar-refractivity contribution in [3.8, 4) is 17.2 Å². The van der Waals surface area contributed by atoms with Crippen molar-refractivity contribution in [3.05, 3.63) is 52.6 Å². The number of carbonyl (C=O) groups excluding carboxylic acids is 2. The zero-order chi connectivity index (χ0) is 24.8. The number of ether oxygens (including phenoxy) is 3. The Morgan fingerprint density at radius 1 is 1.00 bits per heavy atom. The van der Waals surface area contributed by atoms with Gasteiger partial charge in [-0.1, -0.05) is 6.07 Å². The van der Waals surface area contributed by atoms with E-state index in [-0.39, 0.29) is 30.8 Å². The zero-order valence-corrected chi connectivity index (χ0v) is 22.0. The minimum Gasteiger partial charge on any atom is -0.493 e. The molecule has 0 saturated heterocycles. The molecule has 0 spiro atoms. The van der Waals surface area contributed by atoms with E-state index in [0.717, 1.165) is 56.1 Å². The third-order valence-corrected chi connectivity index (χ3v) is 6.94. The van der Waals surface area contributed by atoms with Crippen LogP contribution >= 0.6 is 12.4 Å². The van der Waals surface area contributed by atoms with Crippen molar-refractivity contribution in [3.63, 3.8) is 0 Å². The largest absolute Gasteiger partial charge is 0.493 e. The predicted octanol–water partition coefficient (Wildman–Crippen LogP) is 2.50. The van der Waals surface area contributed by atoms with Crippen LogP contribution in [-0.4, -0.2) is 70.8 Å². The third kappa shape index (κ3) is 6.42. The molecule has 4 rings (SSSR count). The molecule has 36 heavy (non-hydrogen) atoms. The zero-order valence-electron chi connectivity index (χ0n) is 21.2. The summed E-state index contributed by atoms with van der Waals surface area (Å²) in [6, 6.07) is 10.1. The van der Waals surface area contributed by atoms with Gasteiger partial charge in [-0.25, -0.2) is 0 Å². The van der Waals surface area contributed by atoms with Crippen LogP contribution in [0, 0.1) is 0 Å². The van der Waals surface area contributed by atoms with Crippen LogP contribution in [0.15, 0.2) is 30.3 Å². The summed E-state index contributed by atoms with van der Waals surface area (Å²) in [5, 5.41) is 6.01. The molecule has 1 unspecified atom stereocenters. The van der Waals surface area contributed by atoms with E-state index in [1.165, 1.54) is 22.3 Å². The lowest BCUT2D eigenvalue weighted by Gasteiger charge is -2.31. The van der Waals surface area contributed by atoms with Crippen LogP contribution in [-0.2, 0) is 28.9 Å². The van der Waals surface area contributed by atoms with E-state index in [4.69, 9.17) is 14.2 Å². The first kappa shape index (κ1) is 27.6. The van der Waals surface area contributed by atoms with Crippen molar-refractivity contribution < 1.29 is 23.8 Å². The SMILES string of the molecule is CNC(=O)COc1ccc2c(c1)CC2CNCCC(=O)N1CCc2cc(OC)c(OC)cc2CC1.Cl. The lowest BCUT2D eigenvalue weighted by Crippen LogP contribution is -2.36. The van der Waals surface area contributed by atoms with Gasteiger partial charge in [-0.3, -0.25) is 9.59 Å². The monoisotopic (exact) mass is 517 g/mol. The van der Waals surface area contributed by atoms with E-state index in [1.54, 1.807) is 21.3 Å². The number of halogens is 1. The summed E-state index contributed by atoms with van der Waals surface area (Å²) in [6.45, 7) is 3.00. The van der Waals surface area contributed by atoms with Crippen LogP contribution in [0.2, 0.25) is 0 Å². The van der Waals surface area contributed by atoms with Gasteiger partial charge in [-0.05, 0) is 65.8 Å². The Bertz CT molecular complexity index is 1040. The van der Waals surface area contributed by atoms with Gasteiger partial charge in [0.2, 0.25) is 5.91 Å². The second-order valence-corrected chi connectivity index (χ2v) is 9.03. The average Bonchev–Trinajstić information content (AvgIpc) is 3.08. The minimum atomic E-state index is -0.144. The van der Waals surface area contributed by atoms with Crippen LogP contribution in [0.5, 0.6) is 17.2 Å². The van der Waals surface area contributed by atoms with E-state index in [1.807, 2.05) is 29.2 Å². The molecule has 8 nitrogen and oxygen atoms in total. The fourth-order valence-electron chi connectivity index (χ4n) is 4.82. The molecule has 0 radical (unpaired) electrons. The second kappa shape index (κ2) is 12.8. The van der Waals surface area contributed by atoms with Gasteiger partial charge in [0.05, 0.1) is 14.2 Å². The van der Waals surface area contributed by atoms with Crippen molar-refractivity contribution in [1.82, 2.24) is 15.5 Å². The van der Waals surface area contributed by atoms with Crippen molar-refractivity contribution in [1.29, 1.82) is 0 Å².